The summed E-state index contributed by atoms with van der Waals surface area (Å²) < 4.78 is 29.2. The molecule has 0 saturated heterocycles. The van der Waals surface area contributed by atoms with E-state index in [0.717, 1.165) is 15.4 Å². The lowest BCUT2D eigenvalue weighted by Crippen LogP contribution is -2.54. The fraction of sp³-hybridized carbons (Fsp3) is 0.257. The van der Waals surface area contributed by atoms with Crippen LogP contribution in [0.25, 0.3) is 0 Å². The fourth-order valence-corrected chi connectivity index (χ4v) is 6.63. The van der Waals surface area contributed by atoms with E-state index in [-0.39, 0.29) is 35.5 Å². The van der Waals surface area contributed by atoms with Gasteiger partial charge in [-0.25, -0.2) is 8.42 Å². The monoisotopic (exact) mass is 665 g/mol. The Labute approximate surface area is 275 Å². The number of hydrogen-bond acceptors (Lipinski definition) is 4. The van der Waals surface area contributed by atoms with Crippen molar-refractivity contribution in [1.29, 1.82) is 0 Å². The molecule has 0 aliphatic heterocycles. The van der Waals surface area contributed by atoms with E-state index in [9.17, 15) is 18.0 Å². The van der Waals surface area contributed by atoms with Gasteiger partial charge >= 0.3 is 0 Å². The smallest absolute Gasteiger partial charge is 0.264 e. The van der Waals surface area contributed by atoms with Crippen LogP contribution in [0.2, 0.25) is 10.0 Å². The Balaban J connectivity index is 1.82. The summed E-state index contributed by atoms with van der Waals surface area (Å²) in [6.07, 6.45) is 0.917. The lowest BCUT2D eigenvalue weighted by atomic mass is 10.0. The average molecular weight is 667 g/mol. The van der Waals surface area contributed by atoms with E-state index in [1.165, 1.54) is 23.1 Å². The first-order valence-electron chi connectivity index (χ1n) is 14.7. The Morgan fingerprint density at radius 2 is 1.49 bits per heavy atom. The third-order valence-electron chi connectivity index (χ3n) is 7.57. The van der Waals surface area contributed by atoms with Gasteiger partial charge in [-0.15, -0.1) is 0 Å². The molecule has 2 amide bonds. The second-order valence-electron chi connectivity index (χ2n) is 10.9. The number of halogens is 2. The van der Waals surface area contributed by atoms with Crippen LogP contribution >= 0.6 is 23.2 Å². The molecule has 0 unspecified atom stereocenters. The number of anilines is 1. The molecule has 4 rings (SSSR count). The normalized spacial score (nSPS) is 12.6. The molecular formula is C35H37Cl2N3O4S. The van der Waals surface area contributed by atoms with Gasteiger partial charge in [0.1, 0.15) is 12.6 Å². The van der Waals surface area contributed by atoms with Crippen LogP contribution < -0.4 is 9.62 Å². The van der Waals surface area contributed by atoms with Gasteiger partial charge in [0.05, 0.1) is 10.6 Å². The molecule has 0 heterocycles. The second-order valence-corrected chi connectivity index (χ2v) is 13.6. The number of hydrogen-bond donors (Lipinski definition) is 1. The molecule has 0 aromatic heterocycles. The number of nitrogens with one attached hydrogen (secondary N) is 1. The summed E-state index contributed by atoms with van der Waals surface area (Å²) in [4.78, 5) is 29.9. The van der Waals surface area contributed by atoms with Crippen LogP contribution in [-0.2, 0) is 32.6 Å². The van der Waals surface area contributed by atoms with E-state index >= 15 is 0 Å². The zero-order chi connectivity index (χ0) is 32.6. The van der Waals surface area contributed by atoms with Crippen molar-refractivity contribution in [3.05, 3.63) is 130 Å². The molecule has 236 valence electrons. The van der Waals surface area contributed by atoms with E-state index in [1.807, 2.05) is 57.2 Å². The molecule has 0 aliphatic rings. The number of rotatable bonds is 13. The van der Waals surface area contributed by atoms with E-state index in [2.05, 4.69) is 5.32 Å². The molecule has 0 radical (unpaired) electrons. The summed E-state index contributed by atoms with van der Waals surface area (Å²) in [7, 11) is -4.21. The third kappa shape index (κ3) is 8.87. The molecule has 4 aromatic carbocycles. The van der Waals surface area contributed by atoms with Gasteiger partial charge in [0.25, 0.3) is 10.0 Å². The van der Waals surface area contributed by atoms with Gasteiger partial charge in [-0.3, -0.25) is 13.9 Å². The first-order valence-corrected chi connectivity index (χ1v) is 16.9. The van der Waals surface area contributed by atoms with Crippen LogP contribution in [0.4, 0.5) is 5.69 Å². The quantitative estimate of drug-likeness (QED) is 0.166. The third-order valence-corrected chi connectivity index (χ3v) is 10.00. The molecule has 4 aromatic rings. The lowest BCUT2D eigenvalue weighted by Gasteiger charge is -2.34. The average Bonchev–Trinajstić information content (AvgIpc) is 3.03. The lowest BCUT2D eigenvalue weighted by molar-refractivity contribution is -0.140. The molecule has 1 N–H and O–H groups in total. The Morgan fingerprint density at radius 3 is 2.11 bits per heavy atom. The molecule has 0 aliphatic carbocycles. The number of carbonyl (C=O) groups excluding carboxylic acids is 2. The summed E-state index contributed by atoms with van der Waals surface area (Å²) in [6, 6.07) is 28.1. The van der Waals surface area contributed by atoms with Crippen LogP contribution in [0.3, 0.4) is 0 Å². The predicted octanol–water partition coefficient (Wildman–Crippen LogP) is 7.05. The SMILES string of the molecule is CC[C@H](C)NC(=O)[C@@H](Cc1ccccc1)N(Cc1cccc(Cl)c1)C(=O)CN(c1ccc(C)c(Cl)c1)S(=O)(=O)c1ccccc1. The maximum Gasteiger partial charge on any atom is 0.264 e. The van der Waals surface area contributed by atoms with Crippen molar-refractivity contribution in [1.82, 2.24) is 10.2 Å². The summed E-state index contributed by atoms with van der Waals surface area (Å²) in [5.41, 5.74) is 2.54. The standard InChI is InChI=1S/C35H37Cl2N3O4S/c1-4-26(3)38-35(42)33(21-27-12-7-5-8-13-27)39(23-28-14-11-15-29(36)20-28)34(41)24-40(30-19-18-25(2)32(37)22-30)45(43,44)31-16-9-6-10-17-31/h5-20,22,26,33H,4,21,23-24H2,1-3H3,(H,38,42)/t26-,33+/m0/s1. The minimum Gasteiger partial charge on any atom is -0.352 e. The number of aryl methyl sites for hydroxylation is 1. The molecule has 10 heteroatoms. The molecule has 0 bridgehead atoms. The maximum absolute atomic E-state index is 14.5. The Kier molecular flexibility index (Phi) is 11.7. The van der Waals surface area contributed by atoms with Crippen molar-refractivity contribution in [3.63, 3.8) is 0 Å². The largest absolute Gasteiger partial charge is 0.352 e. The number of carbonyl (C=O) groups is 2. The molecule has 0 spiro atoms. The minimum atomic E-state index is -4.21. The van der Waals surface area contributed by atoms with Gasteiger partial charge in [0.15, 0.2) is 0 Å². The highest BCUT2D eigenvalue weighted by atomic mass is 35.5. The highest BCUT2D eigenvalue weighted by Gasteiger charge is 2.35. The minimum absolute atomic E-state index is 0.0197. The number of sulfonamides is 1. The van der Waals surface area contributed by atoms with Gasteiger partial charge in [-0.2, -0.15) is 0 Å². The van der Waals surface area contributed by atoms with Gasteiger partial charge in [-0.05, 0) is 73.4 Å². The van der Waals surface area contributed by atoms with Crippen LogP contribution in [-0.4, -0.2) is 43.8 Å². The molecule has 2 atom stereocenters. The predicted molar refractivity (Wildman–Crippen MR) is 181 cm³/mol. The van der Waals surface area contributed by atoms with Crippen molar-refractivity contribution in [3.8, 4) is 0 Å². The van der Waals surface area contributed by atoms with Gasteiger partial charge < -0.3 is 10.2 Å². The summed E-state index contributed by atoms with van der Waals surface area (Å²) in [5.74, 6) is -0.897. The summed E-state index contributed by atoms with van der Waals surface area (Å²) in [5, 5.41) is 3.87. The van der Waals surface area contributed by atoms with E-state index < -0.39 is 28.5 Å². The van der Waals surface area contributed by atoms with Crippen molar-refractivity contribution in [2.24, 2.45) is 0 Å². The Morgan fingerprint density at radius 1 is 0.844 bits per heavy atom. The van der Waals surface area contributed by atoms with Crippen molar-refractivity contribution in [2.45, 2.75) is 57.1 Å². The molecular weight excluding hydrogens is 629 g/mol. The molecule has 0 saturated carbocycles. The number of benzene rings is 4. The highest BCUT2D eigenvalue weighted by molar-refractivity contribution is 7.92. The van der Waals surface area contributed by atoms with Gasteiger partial charge in [0.2, 0.25) is 11.8 Å². The van der Waals surface area contributed by atoms with Gasteiger partial charge in [-0.1, -0.05) is 96.9 Å². The van der Waals surface area contributed by atoms with Crippen molar-refractivity contribution < 1.29 is 18.0 Å². The van der Waals surface area contributed by atoms with Crippen LogP contribution in [0, 0.1) is 6.92 Å². The first-order chi connectivity index (χ1) is 21.5. The fourth-order valence-electron chi connectivity index (χ4n) is 4.81. The van der Waals surface area contributed by atoms with Crippen molar-refractivity contribution in [2.75, 3.05) is 10.8 Å². The molecule has 7 nitrogen and oxygen atoms in total. The number of nitrogens with zero attached hydrogens (tertiary/aromatic N) is 2. The van der Waals surface area contributed by atoms with Gasteiger partial charge in [0, 0.05) is 29.1 Å². The first kappa shape index (κ1) is 34.0. The van der Waals surface area contributed by atoms with E-state index in [0.29, 0.717) is 22.0 Å². The zero-order valence-corrected chi connectivity index (χ0v) is 27.8. The molecule has 45 heavy (non-hydrogen) atoms. The second kappa shape index (κ2) is 15.4. The summed E-state index contributed by atoms with van der Waals surface area (Å²) >= 11 is 12.7. The number of amides is 2. The summed E-state index contributed by atoms with van der Waals surface area (Å²) in [6.45, 7) is 5.13. The van der Waals surface area contributed by atoms with Crippen LogP contribution in [0.15, 0.2) is 108 Å². The molecule has 0 fully saturated rings. The highest BCUT2D eigenvalue weighted by Crippen LogP contribution is 2.29. The zero-order valence-electron chi connectivity index (χ0n) is 25.5. The Bertz CT molecular complexity index is 1720. The maximum atomic E-state index is 14.5. The van der Waals surface area contributed by atoms with Crippen molar-refractivity contribution >= 4 is 50.7 Å². The van der Waals surface area contributed by atoms with E-state index in [4.69, 9.17) is 23.2 Å². The van der Waals surface area contributed by atoms with E-state index in [1.54, 1.807) is 48.5 Å². The Hall–Kier alpha value is -3.85. The van der Waals surface area contributed by atoms with Crippen LogP contribution in [0.1, 0.15) is 37.0 Å². The topological polar surface area (TPSA) is 86.8 Å². The van der Waals surface area contributed by atoms with Crippen LogP contribution in [0.5, 0.6) is 0 Å².